The number of imidazole rings is 1. The van der Waals surface area contributed by atoms with Gasteiger partial charge in [0.1, 0.15) is 5.60 Å². The van der Waals surface area contributed by atoms with E-state index in [0.29, 0.717) is 0 Å². The van der Waals surface area contributed by atoms with Gasteiger partial charge in [0.15, 0.2) is 0 Å². The maximum atomic E-state index is 11.3. The van der Waals surface area contributed by atoms with Crippen LogP contribution in [0.25, 0.3) is 0 Å². The van der Waals surface area contributed by atoms with Gasteiger partial charge < -0.3 is 9.72 Å². The van der Waals surface area contributed by atoms with Gasteiger partial charge in [-0.05, 0) is 20.8 Å². The third-order valence-electron chi connectivity index (χ3n) is 1.24. The zero-order chi connectivity index (χ0) is 10.1. The molecule has 1 aromatic heterocycles. The van der Waals surface area contributed by atoms with Crippen molar-refractivity contribution in [2.75, 3.05) is 0 Å². The van der Waals surface area contributed by atoms with E-state index in [2.05, 4.69) is 4.98 Å². The Morgan fingerprint density at radius 1 is 1.54 bits per heavy atom. The van der Waals surface area contributed by atoms with Gasteiger partial charge in [-0.3, -0.25) is 0 Å². The normalized spacial score (nSPS) is 11.3. The van der Waals surface area contributed by atoms with E-state index in [-0.39, 0.29) is 0 Å². The van der Waals surface area contributed by atoms with Crippen molar-refractivity contribution >= 4 is 6.09 Å². The molecule has 0 unspecified atom stereocenters. The Bertz CT molecular complexity index is 356. The molecule has 0 aliphatic heterocycles. The molecule has 0 saturated carbocycles. The summed E-state index contributed by atoms with van der Waals surface area (Å²) >= 11 is 0. The molecule has 0 saturated heterocycles. The quantitative estimate of drug-likeness (QED) is 0.653. The first-order chi connectivity index (χ1) is 5.90. The first-order valence-electron chi connectivity index (χ1n) is 3.89. The smallest absolute Gasteiger partial charge is 0.422 e. The first-order valence-corrected chi connectivity index (χ1v) is 3.89. The fraction of sp³-hybridized carbons (Fsp3) is 0.500. The van der Waals surface area contributed by atoms with Crippen molar-refractivity contribution in [1.29, 1.82) is 0 Å². The largest absolute Gasteiger partial charge is 0.443 e. The molecule has 0 aromatic carbocycles. The minimum absolute atomic E-state index is 0.491. The lowest BCUT2D eigenvalue weighted by atomic mass is 10.2. The molecule has 0 spiro atoms. The SMILES string of the molecule is CC(C)(C)OC(=O)n1cc[nH]c1=O. The summed E-state index contributed by atoms with van der Waals surface area (Å²) in [5, 5.41) is 0. The van der Waals surface area contributed by atoms with Gasteiger partial charge in [-0.2, -0.15) is 0 Å². The molecule has 0 bridgehead atoms. The van der Waals surface area contributed by atoms with E-state index in [9.17, 15) is 9.59 Å². The van der Waals surface area contributed by atoms with Crippen LogP contribution >= 0.6 is 0 Å². The summed E-state index contributed by atoms with van der Waals surface area (Å²) in [4.78, 5) is 24.6. The predicted octanol–water partition coefficient (Wildman–Crippen LogP) is 0.960. The van der Waals surface area contributed by atoms with E-state index in [4.69, 9.17) is 4.74 Å². The number of hydrogen-bond donors (Lipinski definition) is 1. The second-order valence-electron chi connectivity index (χ2n) is 3.62. The zero-order valence-corrected chi connectivity index (χ0v) is 7.83. The Labute approximate surface area is 75.3 Å². The molecule has 5 heteroatoms. The van der Waals surface area contributed by atoms with E-state index < -0.39 is 17.4 Å². The fourth-order valence-electron chi connectivity index (χ4n) is 0.775. The summed E-state index contributed by atoms with van der Waals surface area (Å²) < 4.78 is 5.85. The summed E-state index contributed by atoms with van der Waals surface area (Å²) in [5.41, 5.74) is -1.08. The van der Waals surface area contributed by atoms with E-state index >= 15 is 0 Å². The van der Waals surface area contributed by atoms with Gasteiger partial charge in [0.25, 0.3) is 0 Å². The molecule has 13 heavy (non-hydrogen) atoms. The number of nitrogens with one attached hydrogen (secondary N) is 1. The Morgan fingerprint density at radius 3 is 2.54 bits per heavy atom. The molecule has 0 aliphatic carbocycles. The topological polar surface area (TPSA) is 64.1 Å². The Morgan fingerprint density at radius 2 is 2.15 bits per heavy atom. The molecule has 1 N–H and O–H groups in total. The minimum atomic E-state index is -0.668. The summed E-state index contributed by atoms with van der Waals surface area (Å²) in [7, 11) is 0. The maximum Gasteiger partial charge on any atom is 0.422 e. The van der Waals surface area contributed by atoms with Crippen molar-refractivity contribution in [3.05, 3.63) is 22.9 Å². The molecule has 0 radical (unpaired) electrons. The monoisotopic (exact) mass is 184 g/mol. The maximum absolute atomic E-state index is 11.3. The van der Waals surface area contributed by atoms with Gasteiger partial charge in [-0.1, -0.05) is 0 Å². The summed E-state index contributed by atoms with van der Waals surface area (Å²) in [5.74, 6) is 0. The number of rotatable bonds is 0. The lowest BCUT2D eigenvalue weighted by Crippen LogP contribution is -2.31. The number of aromatic amines is 1. The molecule has 0 fully saturated rings. The standard InChI is InChI=1S/C8H12N2O3/c1-8(2,3)13-7(12)10-5-4-9-6(10)11/h4-5H,1-3H3,(H,9,11). The predicted molar refractivity (Wildman–Crippen MR) is 46.7 cm³/mol. The number of nitrogens with zero attached hydrogens (tertiary/aromatic N) is 1. The molecule has 1 heterocycles. The van der Waals surface area contributed by atoms with Crippen LogP contribution in [-0.4, -0.2) is 21.2 Å². The van der Waals surface area contributed by atoms with Crippen molar-refractivity contribution in [1.82, 2.24) is 9.55 Å². The highest BCUT2D eigenvalue weighted by molar-refractivity contribution is 5.70. The Balaban J connectivity index is 2.82. The average Bonchev–Trinajstić information content (AvgIpc) is 2.30. The van der Waals surface area contributed by atoms with Gasteiger partial charge in [0.05, 0.1) is 0 Å². The second kappa shape index (κ2) is 3.08. The molecule has 72 valence electrons. The van der Waals surface area contributed by atoms with Crippen LogP contribution in [0.4, 0.5) is 4.79 Å². The summed E-state index contributed by atoms with van der Waals surface area (Å²) in [6, 6.07) is 0. The zero-order valence-electron chi connectivity index (χ0n) is 7.83. The van der Waals surface area contributed by atoms with Crippen LogP contribution < -0.4 is 5.69 Å². The summed E-state index contributed by atoms with van der Waals surface area (Å²) in [6.45, 7) is 5.22. The highest BCUT2D eigenvalue weighted by Gasteiger charge is 2.18. The van der Waals surface area contributed by atoms with Gasteiger partial charge in [0.2, 0.25) is 0 Å². The molecular formula is C8H12N2O3. The Kier molecular flexibility index (Phi) is 2.27. The lowest BCUT2D eigenvalue weighted by molar-refractivity contribution is 0.0531. The third-order valence-corrected chi connectivity index (χ3v) is 1.24. The number of carbonyl (C=O) groups excluding carboxylic acids is 1. The van der Waals surface area contributed by atoms with Gasteiger partial charge in [0, 0.05) is 12.4 Å². The van der Waals surface area contributed by atoms with Crippen LogP contribution in [0.2, 0.25) is 0 Å². The Hall–Kier alpha value is -1.52. The van der Waals surface area contributed by atoms with Gasteiger partial charge >= 0.3 is 11.8 Å². The van der Waals surface area contributed by atoms with E-state index in [1.54, 1.807) is 20.8 Å². The molecule has 1 rings (SSSR count). The molecule has 0 amide bonds. The molecule has 5 nitrogen and oxygen atoms in total. The van der Waals surface area contributed by atoms with Crippen molar-refractivity contribution in [3.8, 4) is 0 Å². The molecule has 1 aromatic rings. The van der Waals surface area contributed by atoms with E-state index in [1.807, 2.05) is 0 Å². The number of H-pyrrole nitrogens is 1. The molecule has 0 atom stereocenters. The van der Waals surface area contributed by atoms with Crippen LogP contribution in [0, 0.1) is 0 Å². The van der Waals surface area contributed by atoms with Crippen LogP contribution in [0.3, 0.4) is 0 Å². The van der Waals surface area contributed by atoms with E-state index in [1.165, 1.54) is 12.4 Å². The second-order valence-corrected chi connectivity index (χ2v) is 3.62. The van der Waals surface area contributed by atoms with E-state index in [0.717, 1.165) is 4.57 Å². The van der Waals surface area contributed by atoms with Crippen molar-refractivity contribution in [3.63, 3.8) is 0 Å². The van der Waals surface area contributed by atoms with Crippen LogP contribution in [-0.2, 0) is 4.74 Å². The highest BCUT2D eigenvalue weighted by atomic mass is 16.6. The average molecular weight is 184 g/mol. The van der Waals surface area contributed by atoms with Crippen LogP contribution in [0.5, 0.6) is 0 Å². The third kappa shape index (κ3) is 2.47. The van der Waals surface area contributed by atoms with Crippen molar-refractivity contribution in [2.24, 2.45) is 0 Å². The fourth-order valence-corrected chi connectivity index (χ4v) is 0.775. The highest BCUT2D eigenvalue weighted by Crippen LogP contribution is 2.07. The van der Waals surface area contributed by atoms with Crippen LogP contribution in [0.15, 0.2) is 17.2 Å². The minimum Gasteiger partial charge on any atom is -0.443 e. The summed E-state index contributed by atoms with van der Waals surface area (Å²) in [6.07, 6.45) is 2.04. The van der Waals surface area contributed by atoms with Crippen LogP contribution in [0.1, 0.15) is 20.8 Å². The van der Waals surface area contributed by atoms with Crippen molar-refractivity contribution < 1.29 is 9.53 Å². The van der Waals surface area contributed by atoms with Gasteiger partial charge in [-0.15, -0.1) is 0 Å². The lowest BCUT2D eigenvalue weighted by Gasteiger charge is -2.18. The first kappa shape index (κ1) is 9.57. The number of carbonyl (C=O) groups is 1. The van der Waals surface area contributed by atoms with Gasteiger partial charge in [-0.25, -0.2) is 14.2 Å². The van der Waals surface area contributed by atoms with Crippen molar-refractivity contribution in [2.45, 2.75) is 26.4 Å². The number of aromatic nitrogens is 2. The number of ether oxygens (including phenoxy) is 1. The number of hydrogen-bond acceptors (Lipinski definition) is 3. The molecule has 0 aliphatic rings. The molecular weight excluding hydrogens is 172 g/mol.